The first kappa shape index (κ1) is 30.6. The number of carboxylic acids is 1. The predicted octanol–water partition coefficient (Wildman–Crippen LogP) is 5.59. The molecule has 2 atom stereocenters. The molecule has 2 aromatic rings. The van der Waals surface area contributed by atoms with Crippen molar-refractivity contribution in [1.82, 2.24) is 5.32 Å². The third-order valence-corrected chi connectivity index (χ3v) is 6.58. The highest BCUT2D eigenvalue weighted by Gasteiger charge is 2.41. The van der Waals surface area contributed by atoms with E-state index in [0.717, 1.165) is 12.1 Å². The molecule has 5 N–H and O–H groups in total. The van der Waals surface area contributed by atoms with Gasteiger partial charge in [0.1, 0.15) is 12.6 Å². The lowest BCUT2D eigenvalue weighted by Crippen LogP contribution is -2.50. The Morgan fingerprint density at radius 1 is 1.07 bits per heavy atom. The second-order valence-electron chi connectivity index (χ2n) is 9.51. The maximum atomic E-state index is 14.9. The number of ether oxygens (including phenoxy) is 1. The van der Waals surface area contributed by atoms with Crippen LogP contribution in [0.1, 0.15) is 49.1 Å². The summed E-state index contributed by atoms with van der Waals surface area (Å²) in [4.78, 5) is 37.0. The fraction of sp³-hybridized carbons (Fsp3) is 0.423. The van der Waals surface area contributed by atoms with Crippen molar-refractivity contribution in [3.05, 3.63) is 59.4 Å². The van der Waals surface area contributed by atoms with Crippen LogP contribution in [0.5, 0.6) is 0 Å². The molecule has 14 heteroatoms. The Morgan fingerprint density at radius 2 is 1.70 bits per heavy atom. The van der Waals surface area contributed by atoms with Gasteiger partial charge in [0.2, 0.25) is 11.8 Å². The number of amides is 2. The van der Waals surface area contributed by atoms with Crippen LogP contribution in [-0.4, -0.2) is 41.2 Å². The molecule has 1 saturated carbocycles. The van der Waals surface area contributed by atoms with Gasteiger partial charge in [0.25, 0.3) is 0 Å². The van der Waals surface area contributed by atoms with Gasteiger partial charge in [0.05, 0.1) is 23.7 Å². The molecule has 2 aromatic carbocycles. The Morgan fingerprint density at radius 3 is 2.27 bits per heavy atom. The van der Waals surface area contributed by atoms with E-state index in [9.17, 15) is 45.8 Å². The highest BCUT2D eigenvalue weighted by molar-refractivity contribution is 5.99. The first-order valence-electron chi connectivity index (χ1n) is 12.2. The summed E-state index contributed by atoms with van der Waals surface area (Å²) >= 11 is 0. The average molecular weight is 576 g/mol. The van der Waals surface area contributed by atoms with Crippen molar-refractivity contribution in [2.45, 2.75) is 62.8 Å². The Hall–Kier alpha value is -3.97. The van der Waals surface area contributed by atoms with Crippen LogP contribution in [0, 0.1) is 11.7 Å². The number of nitrogens with two attached hydrogens (primary N) is 1. The molecule has 1 aliphatic carbocycles. The zero-order valence-electron chi connectivity index (χ0n) is 20.9. The van der Waals surface area contributed by atoms with E-state index in [-0.39, 0.29) is 19.4 Å². The summed E-state index contributed by atoms with van der Waals surface area (Å²) in [6, 6.07) is 8.83. The van der Waals surface area contributed by atoms with Gasteiger partial charge in [-0.25, -0.2) is 18.0 Å². The zero-order chi connectivity index (χ0) is 29.7. The minimum Gasteiger partial charge on any atom is -0.481 e. The van der Waals surface area contributed by atoms with E-state index in [4.69, 9.17) is 10.5 Å². The first-order chi connectivity index (χ1) is 18.7. The molecule has 0 aliphatic heterocycles. The molecule has 1 aliphatic rings. The number of rotatable bonds is 9. The van der Waals surface area contributed by atoms with E-state index in [1.54, 1.807) is 30.3 Å². The van der Waals surface area contributed by atoms with Crippen LogP contribution in [-0.2, 0) is 20.9 Å². The summed E-state index contributed by atoms with van der Waals surface area (Å²) in [6.45, 7) is -0.147. The molecule has 0 saturated heterocycles. The van der Waals surface area contributed by atoms with Crippen LogP contribution in [0.2, 0.25) is 0 Å². The van der Waals surface area contributed by atoms with Crippen LogP contribution >= 0.6 is 0 Å². The fourth-order valence-electron chi connectivity index (χ4n) is 4.45. The summed E-state index contributed by atoms with van der Waals surface area (Å²) in [5.74, 6) is -10.3. The molecular formula is C26H27F6N3O5. The Bertz CT molecular complexity index is 1220. The minimum atomic E-state index is -4.91. The molecule has 0 aromatic heterocycles. The van der Waals surface area contributed by atoms with Gasteiger partial charge in [0.15, 0.2) is 5.82 Å². The smallest absolute Gasteiger partial charge is 0.408 e. The lowest BCUT2D eigenvalue weighted by molar-refractivity contribution is -0.157. The topological polar surface area (TPSA) is 131 Å². The van der Waals surface area contributed by atoms with Gasteiger partial charge in [-0.05, 0) is 30.4 Å². The highest BCUT2D eigenvalue weighted by atomic mass is 19.4. The summed E-state index contributed by atoms with van der Waals surface area (Å²) in [5, 5.41) is 13.8. The number of benzene rings is 2. The molecule has 218 valence electrons. The molecule has 1 fully saturated rings. The van der Waals surface area contributed by atoms with Crippen LogP contribution in [0.4, 0.5) is 42.5 Å². The molecule has 0 bridgehead atoms. The predicted molar refractivity (Wildman–Crippen MR) is 131 cm³/mol. The Balaban J connectivity index is 1.80. The summed E-state index contributed by atoms with van der Waals surface area (Å²) in [7, 11) is 0. The molecule has 0 heterocycles. The van der Waals surface area contributed by atoms with Crippen molar-refractivity contribution >= 4 is 29.3 Å². The van der Waals surface area contributed by atoms with Crippen molar-refractivity contribution in [3.63, 3.8) is 0 Å². The molecule has 40 heavy (non-hydrogen) atoms. The molecule has 0 spiro atoms. The summed E-state index contributed by atoms with van der Waals surface area (Å²) in [5.41, 5.74) is 4.25. The minimum absolute atomic E-state index is 0.134. The number of aliphatic carboxylic acids is 1. The third-order valence-electron chi connectivity index (χ3n) is 6.58. The number of carbonyl (C=O) groups is 3. The number of hydrogen-bond acceptors (Lipinski definition) is 5. The van der Waals surface area contributed by atoms with Crippen LogP contribution < -0.4 is 16.4 Å². The molecule has 2 amide bonds. The number of nitrogen functional groups attached to an aromatic ring is 1. The SMILES string of the molecule is Nc1c(NC(=O)C(NC(=O)OCc2ccccc2)C2CCC(F)(F)CC2)ccc(C(CC(F)(F)F)C(=O)O)c1F. The average Bonchev–Trinajstić information content (AvgIpc) is 2.88. The van der Waals surface area contributed by atoms with E-state index < -0.39 is 90.0 Å². The first-order valence-corrected chi connectivity index (χ1v) is 12.2. The zero-order valence-corrected chi connectivity index (χ0v) is 20.9. The molecule has 8 nitrogen and oxygen atoms in total. The standard InChI is InChI=1S/C26H27F6N3O5/c27-19-16(17(23(37)38)12-26(30,31)32)6-7-18(20(19)33)34-22(36)21(15-8-10-25(28,29)11-9-15)35-24(39)40-13-14-4-2-1-3-5-14/h1-7,15,17,21H,8-13,33H2,(H,34,36)(H,35,39)(H,37,38). The van der Waals surface area contributed by atoms with Crippen molar-refractivity contribution in [2.75, 3.05) is 11.1 Å². The second-order valence-corrected chi connectivity index (χ2v) is 9.51. The second kappa shape index (κ2) is 12.5. The Labute approximate surface area is 224 Å². The van der Waals surface area contributed by atoms with E-state index in [2.05, 4.69) is 10.6 Å². The maximum Gasteiger partial charge on any atom is 0.408 e. The number of anilines is 2. The van der Waals surface area contributed by atoms with Crippen molar-refractivity contribution in [1.29, 1.82) is 0 Å². The van der Waals surface area contributed by atoms with E-state index >= 15 is 0 Å². The number of carboxylic acid groups (broad SMARTS) is 1. The lowest BCUT2D eigenvalue weighted by atomic mass is 9.81. The number of halogens is 6. The van der Waals surface area contributed by atoms with Crippen molar-refractivity contribution in [2.24, 2.45) is 5.92 Å². The van der Waals surface area contributed by atoms with Gasteiger partial charge in [-0.15, -0.1) is 0 Å². The Kier molecular flexibility index (Phi) is 9.53. The summed E-state index contributed by atoms with van der Waals surface area (Å²) < 4.78 is 86.0. The molecular weight excluding hydrogens is 548 g/mol. The third kappa shape index (κ3) is 8.26. The van der Waals surface area contributed by atoms with Gasteiger partial charge in [-0.1, -0.05) is 36.4 Å². The normalized spacial score (nSPS) is 16.9. The monoisotopic (exact) mass is 575 g/mol. The van der Waals surface area contributed by atoms with E-state index in [1.165, 1.54) is 0 Å². The molecule has 3 rings (SSSR count). The van der Waals surface area contributed by atoms with Crippen molar-refractivity contribution < 1.29 is 50.6 Å². The number of alkyl halides is 5. The van der Waals surface area contributed by atoms with Gasteiger partial charge in [-0.2, -0.15) is 13.2 Å². The van der Waals surface area contributed by atoms with Crippen LogP contribution in [0.25, 0.3) is 0 Å². The fourth-order valence-corrected chi connectivity index (χ4v) is 4.45. The highest BCUT2D eigenvalue weighted by Crippen LogP contribution is 2.39. The van der Waals surface area contributed by atoms with E-state index in [1.807, 2.05) is 0 Å². The molecule has 0 radical (unpaired) electrons. The lowest BCUT2D eigenvalue weighted by Gasteiger charge is -2.33. The van der Waals surface area contributed by atoms with Gasteiger partial charge in [0, 0.05) is 18.4 Å². The quantitative estimate of drug-likeness (QED) is 0.228. The largest absolute Gasteiger partial charge is 0.481 e. The van der Waals surface area contributed by atoms with Crippen LogP contribution in [0.3, 0.4) is 0 Å². The van der Waals surface area contributed by atoms with Crippen LogP contribution in [0.15, 0.2) is 42.5 Å². The van der Waals surface area contributed by atoms with E-state index in [0.29, 0.717) is 5.56 Å². The maximum absolute atomic E-state index is 14.9. The van der Waals surface area contributed by atoms with Crippen molar-refractivity contribution in [3.8, 4) is 0 Å². The van der Waals surface area contributed by atoms with Gasteiger partial charge in [-0.3, -0.25) is 9.59 Å². The number of carbonyl (C=O) groups excluding carboxylic acids is 2. The van der Waals surface area contributed by atoms with Gasteiger partial charge >= 0.3 is 18.2 Å². The number of hydrogen-bond donors (Lipinski definition) is 4. The number of alkyl carbamates (subject to hydrolysis) is 1. The summed E-state index contributed by atoms with van der Waals surface area (Å²) in [6.07, 6.45) is -9.13. The van der Waals surface area contributed by atoms with Gasteiger partial charge < -0.3 is 26.2 Å². The molecule has 2 unspecified atom stereocenters. The number of nitrogens with one attached hydrogen (secondary N) is 2.